The van der Waals surface area contributed by atoms with Crippen molar-refractivity contribution < 1.29 is 48.0 Å². The summed E-state index contributed by atoms with van der Waals surface area (Å²) in [5, 5.41) is 13.4. The number of benzene rings is 1. The van der Waals surface area contributed by atoms with Gasteiger partial charge in [0.15, 0.2) is 11.5 Å². The standard InChI is InChI=1S/C32H49NO10/c1-9-21(4)33-32(27(35)36,41-26(34)23-15-13-12-14-16-23)20-22-17-18-24(39-28(37)42-30(5,6)10-2)25(19-22)40-29(38)43-31(7,8)11-3/h17-19,21,23,33H,9-16,20H2,1-8H3,(H,35,36)/t21?,32-/m0/s1. The lowest BCUT2D eigenvalue weighted by molar-refractivity contribution is -0.188. The smallest absolute Gasteiger partial charge is 0.477 e. The number of nitrogens with one attached hydrogen (secondary N) is 1. The SMILES string of the molecule is CCC(C)N[C@@](Cc1ccc(OC(=O)OC(C)(C)CC)c(OC(=O)OC(C)(C)CC)c1)(OC(=O)C1CCCCC1)C(=O)O. The van der Waals surface area contributed by atoms with Crippen molar-refractivity contribution >= 4 is 24.2 Å². The summed E-state index contributed by atoms with van der Waals surface area (Å²) in [7, 11) is 0. The maximum atomic E-state index is 13.2. The molecule has 2 atom stereocenters. The van der Waals surface area contributed by atoms with Crippen LogP contribution in [0.2, 0.25) is 0 Å². The first kappa shape index (κ1) is 35.9. The van der Waals surface area contributed by atoms with Crippen LogP contribution < -0.4 is 14.8 Å². The van der Waals surface area contributed by atoms with E-state index in [1.54, 1.807) is 34.6 Å². The fourth-order valence-corrected chi connectivity index (χ4v) is 4.32. The van der Waals surface area contributed by atoms with Gasteiger partial charge in [0.2, 0.25) is 0 Å². The molecule has 1 saturated carbocycles. The van der Waals surface area contributed by atoms with Crippen molar-refractivity contribution in [3.63, 3.8) is 0 Å². The molecule has 0 bridgehead atoms. The number of carboxylic acids is 1. The van der Waals surface area contributed by atoms with E-state index in [0.717, 1.165) is 19.3 Å². The van der Waals surface area contributed by atoms with Crippen molar-refractivity contribution in [2.24, 2.45) is 5.92 Å². The lowest BCUT2D eigenvalue weighted by Crippen LogP contribution is -2.60. The van der Waals surface area contributed by atoms with Crippen molar-refractivity contribution in [3.05, 3.63) is 23.8 Å². The van der Waals surface area contributed by atoms with Gasteiger partial charge in [-0.2, -0.15) is 0 Å². The molecular weight excluding hydrogens is 558 g/mol. The number of aliphatic carboxylic acids is 1. The van der Waals surface area contributed by atoms with E-state index in [2.05, 4.69) is 5.32 Å². The number of rotatable bonds is 14. The summed E-state index contributed by atoms with van der Waals surface area (Å²) >= 11 is 0. The van der Waals surface area contributed by atoms with E-state index in [0.29, 0.717) is 37.7 Å². The molecule has 242 valence electrons. The number of carbonyl (C=O) groups is 4. The Labute approximate surface area is 254 Å². The van der Waals surface area contributed by atoms with Gasteiger partial charge in [0.25, 0.3) is 5.72 Å². The topological polar surface area (TPSA) is 147 Å². The van der Waals surface area contributed by atoms with E-state index in [4.69, 9.17) is 23.7 Å². The molecule has 11 nitrogen and oxygen atoms in total. The monoisotopic (exact) mass is 607 g/mol. The molecule has 1 aliphatic carbocycles. The number of hydrogen-bond donors (Lipinski definition) is 2. The Bertz CT molecular complexity index is 1130. The number of hydrogen-bond acceptors (Lipinski definition) is 10. The van der Waals surface area contributed by atoms with E-state index in [-0.39, 0.29) is 29.9 Å². The van der Waals surface area contributed by atoms with E-state index in [1.807, 2.05) is 20.8 Å². The fourth-order valence-electron chi connectivity index (χ4n) is 4.32. The number of carboxylic acid groups (broad SMARTS) is 1. The zero-order valence-corrected chi connectivity index (χ0v) is 26.9. The molecule has 0 aliphatic heterocycles. The van der Waals surface area contributed by atoms with E-state index in [9.17, 15) is 24.3 Å². The Balaban J connectivity index is 2.48. The Hall–Kier alpha value is -3.34. The molecule has 11 heteroatoms. The summed E-state index contributed by atoms with van der Waals surface area (Å²) in [5.74, 6) is -2.64. The predicted molar refractivity (Wildman–Crippen MR) is 159 cm³/mol. The van der Waals surface area contributed by atoms with Crippen LogP contribution in [0.5, 0.6) is 11.5 Å². The molecule has 0 spiro atoms. The highest BCUT2D eigenvalue weighted by molar-refractivity contribution is 5.83. The van der Waals surface area contributed by atoms with Crippen LogP contribution in [0, 0.1) is 5.92 Å². The van der Waals surface area contributed by atoms with Gasteiger partial charge < -0.3 is 28.8 Å². The third kappa shape index (κ3) is 11.0. The first-order valence-electron chi connectivity index (χ1n) is 15.2. The van der Waals surface area contributed by atoms with Crippen molar-refractivity contribution in [1.82, 2.24) is 5.32 Å². The molecule has 1 aliphatic rings. The third-order valence-corrected chi connectivity index (χ3v) is 7.92. The average Bonchev–Trinajstić information content (AvgIpc) is 2.94. The minimum absolute atomic E-state index is 0.137. The van der Waals surface area contributed by atoms with E-state index in [1.165, 1.54) is 18.2 Å². The quantitative estimate of drug-likeness (QED) is 0.0982. The molecule has 1 unspecified atom stereocenters. The highest BCUT2D eigenvalue weighted by Gasteiger charge is 2.45. The van der Waals surface area contributed by atoms with Gasteiger partial charge in [-0.15, -0.1) is 0 Å². The van der Waals surface area contributed by atoms with E-state index < -0.39 is 41.2 Å². The predicted octanol–water partition coefficient (Wildman–Crippen LogP) is 6.93. The van der Waals surface area contributed by atoms with Crippen LogP contribution in [0.25, 0.3) is 0 Å². The number of carbonyl (C=O) groups excluding carboxylic acids is 3. The normalized spacial score (nSPS) is 16.4. The molecule has 0 saturated heterocycles. The second kappa shape index (κ2) is 15.4. The highest BCUT2D eigenvalue weighted by Crippen LogP contribution is 2.33. The largest absolute Gasteiger partial charge is 0.514 e. The van der Waals surface area contributed by atoms with Gasteiger partial charge in [-0.25, -0.2) is 14.4 Å². The van der Waals surface area contributed by atoms with Crippen LogP contribution >= 0.6 is 0 Å². The Kier molecular flexibility index (Phi) is 12.8. The van der Waals surface area contributed by atoms with Crippen LogP contribution in [-0.2, 0) is 30.2 Å². The van der Waals surface area contributed by atoms with Crippen LogP contribution in [0.3, 0.4) is 0 Å². The Morgan fingerprint density at radius 1 is 0.860 bits per heavy atom. The first-order chi connectivity index (χ1) is 20.0. The van der Waals surface area contributed by atoms with Gasteiger partial charge in [-0.3, -0.25) is 10.1 Å². The summed E-state index contributed by atoms with van der Waals surface area (Å²) in [6.45, 7) is 14.3. The molecule has 1 aromatic rings. The minimum atomic E-state index is -2.10. The maximum absolute atomic E-state index is 13.2. The molecule has 1 aromatic carbocycles. The third-order valence-electron chi connectivity index (χ3n) is 7.92. The lowest BCUT2D eigenvalue weighted by atomic mass is 9.89. The van der Waals surface area contributed by atoms with Gasteiger partial charge >= 0.3 is 24.2 Å². The molecule has 0 heterocycles. The van der Waals surface area contributed by atoms with Crippen molar-refractivity contribution in [2.45, 2.75) is 136 Å². The first-order valence-corrected chi connectivity index (χ1v) is 15.2. The minimum Gasteiger partial charge on any atom is -0.477 e. The van der Waals surface area contributed by atoms with Crippen LogP contribution in [-0.4, -0.2) is 52.3 Å². The summed E-state index contributed by atoms with van der Waals surface area (Å²) < 4.78 is 27.4. The van der Waals surface area contributed by atoms with Gasteiger partial charge in [0.1, 0.15) is 11.2 Å². The van der Waals surface area contributed by atoms with E-state index >= 15 is 0 Å². The van der Waals surface area contributed by atoms with Crippen LogP contribution in [0.1, 0.15) is 112 Å². The number of esters is 1. The second-order valence-electron chi connectivity index (χ2n) is 12.4. The molecular formula is C32H49NO10. The fraction of sp³-hybridized carbons (Fsp3) is 0.688. The average molecular weight is 608 g/mol. The van der Waals surface area contributed by atoms with Crippen LogP contribution in [0.15, 0.2) is 18.2 Å². The molecule has 0 radical (unpaired) electrons. The Morgan fingerprint density at radius 2 is 1.40 bits per heavy atom. The molecule has 2 N–H and O–H groups in total. The molecule has 0 aromatic heterocycles. The second-order valence-corrected chi connectivity index (χ2v) is 12.4. The highest BCUT2D eigenvalue weighted by atomic mass is 16.8. The molecule has 0 amide bonds. The maximum Gasteiger partial charge on any atom is 0.514 e. The number of ether oxygens (including phenoxy) is 5. The molecule has 43 heavy (non-hydrogen) atoms. The van der Waals surface area contributed by atoms with Gasteiger partial charge in [-0.1, -0.05) is 46.1 Å². The summed E-state index contributed by atoms with van der Waals surface area (Å²) in [6, 6.07) is 3.92. The zero-order chi connectivity index (χ0) is 32.4. The van der Waals surface area contributed by atoms with Crippen molar-refractivity contribution in [3.8, 4) is 11.5 Å². The molecule has 2 rings (SSSR count). The van der Waals surface area contributed by atoms with Crippen LogP contribution in [0.4, 0.5) is 9.59 Å². The van der Waals surface area contributed by atoms with Gasteiger partial charge in [0, 0.05) is 12.5 Å². The van der Waals surface area contributed by atoms with Gasteiger partial charge in [-0.05, 0) is 84.4 Å². The van der Waals surface area contributed by atoms with Gasteiger partial charge in [0.05, 0.1) is 5.92 Å². The summed E-state index contributed by atoms with van der Waals surface area (Å²) in [6.07, 6.45) is 3.34. The van der Waals surface area contributed by atoms with Crippen molar-refractivity contribution in [1.29, 1.82) is 0 Å². The lowest BCUT2D eigenvalue weighted by Gasteiger charge is -2.35. The zero-order valence-electron chi connectivity index (χ0n) is 26.9. The molecule has 1 fully saturated rings. The Morgan fingerprint density at radius 3 is 1.88 bits per heavy atom. The van der Waals surface area contributed by atoms with Crippen molar-refractivity contribution in [2.75, 3.05) is 0 Å². The summed E-state index contributed by atoms with van der Waals surface area (Å²) in [4.78, 5) is 51.3. The summed E-state index contributed by atoms with van der Waals surface area (Å²) in [5.41, 5.74) is -3.39.